The van der Waals surface area contributed by atoms with Gasteiger partial charge in [-0.1, -0.05) is 0 Å². The van der Waals surface area contributed by atoms with Crippen LogP contribution in [0.25, 0.3) is 0 Å². The highest BCUT2D eigenvalue weighted by Crippen LogP contribution is 2.22. The lowest BCUT2D eigenvalue weighted by Crippen LogP contribution is -2.48. The van der Waals surface area contributed by atoms with Gasteiger partial charge in [0.1, 0.15) is 11.4 Å². The average Bonchev–Trinajstić information content (AvgIpc) is 2.59. The maximum atomic E-state index is 12.9. The van der Waals surface area contributed by atoms with Crippen LogP contribution >= 0.6 is 0 Å². The molecule has 2 rings (SSSR count). The first-order chi connectivity index (χ1) is 12.7. The van der Waals surface area contributed by atoms with E-state index in [1.54, 1.807) is 25.7 Å². The van der Waals surface area contributed by atoms with Crippen molar-refractivity contribution in [1.29, 1.82) is 0 Å². The quantitative estimate of drug-likeness (QED) is 0.798. The number of likely N-dealkylation sites (tertiary alicyclic amines) is 1. The van der Waals surface area contributed by atoms with Crippen molar-refractivity contribution in [3.8, 4) is 0 Å². The van der Waals surface area contributed by atoms with Crippen LogP contribution in [0.3, 0.4) is 0 Å². The van der Waals surface area contributed by atoms with Gasteiger partial charge in [0.25, 0.3) is 0 Å². The van der Waals surface area contributed by atoms with E-state index < -0.39 is 17.5 Å². The topological polar surface area (TPSA) is 75.7 Å². The van der Waals surface area contributed by atoms with Crippen LogP contribution < -0.4 is 5.32 Å². The Morgan fingerprint density at radius 1 is 1.19 bits per heavy atom. The fraction of sp³-hybridized carbons (Fsp3) is 0.550. The van der Waals surface area contributed by atoms with Crippen LogP contribution in [0.4, 0.5) is 9.18 Å². The standard InChI is InChI=1S/C20H27FN2O4/c1-20(2,3)27-19(26)23-11-5-4-6-16(23)12-18(25)22-13-17(24)14-7-9-15(21)10-8-14/h7-10,16H,4-6,11-13H2,1-3H3,(H,22,25). The zero-order valence-corrected chi connectivity index (χ0v) is 16.1. The number of ketones is 1. The number of nitrogens with one attached hydrogen (secondary N) is 1. The van der Waals surface area contributed by atoms with E-state index in [0.29, 0.717) is 12.1 Å². The van der Waals surface area contributed by atoms with E-state index in [4.69, 9.17) is 4.74 Å². The fourth-order valence-corrected chi connectivity index (χ4v) is 2.98. The second-order valence-electron chi connectivity index (χ2n) is 7.73. The maximum Gasteiger partial charge on any atom is 0.410 e. The van der Waals surface area contributed by atoms with E-state index in [1.165, 1.54) is 24.3 Å². The minimum Gasteiger partial charge on any atom is -0.444 e. The number of carbonyl (C=O) groups excluding carboxylic acids is 3. The first kappa shape index (κ1) is 20.9. The molecular weight excluding hydrogens is 351 g/mol. The van der Waals surface area contributed by atoms with E-state index in [9.17, 15) is 18.8 Å². The summed E-state index contributed by atoms with van der Waals surface area (Å²) in [6.07, 6.45) is 2.24. The summed E-state index contributed by atoms with van der Waals surface area (Å²) in [6.45, 7) is 5.80. The zero-order chi connectivity index (χ0) is 20.0. The Bertz CT molecular complexity index is 682. The number of hydrogen-bond donors (Lipinski definition) is 1. The fourth-order valence-electron chi connectivity index (χ4n) is 2.98. The molecule has 0 aliphatic carbocycles. The molecule has 27 heavy (non-hydrogen) atoms. The molecule has 0 spiro atoms. The molecule has 1 unspecified atom stereocenters. The highest BCUT2D eigenvalue weighted by molar-refractivity contribution is 5.99. The van der Waals surface area contributed by atoms with Crippen molar-refractivity contribution in [1.82, 2.24) is 10.2 Å². The second-order valence-corrected chi connectivity index (χ2v) is 7.73. The minimum absolute atomic E-state index is 0.121. The van der Waals surface area contributed by atoms with Crippen molar-refractivity contribution in [2.75, 3.05) is 13.1 Å². The number of amides is 2. The third-order valence-electron chi connectivity index (χ3n) is 4.29. The molecule has 0 bridgehead atoms. The summed E-state index contributed by atoms with van der Waals surface area (Å²) in [5, 5.41) is 2.59. The molecule has 6 nitrogen and oxygen atoms in total. The van der Waals surface area contributed by atoms with Crippen LogP contribution in [-0.4, -0.2) is 47.4 Å². The molecule has 1 aliphatic heterocycles. The maximum absolute atomic E-state index is 12.9. The van der Waals surface area contributed by atoms with Gasteiger partial charge in [0.2, 0.25) is 5.91 Å². The van der Waals surface area contributed by atoms with Crippen molar-refractivity contribution in [2.24, 2.45) is 0 Å². The predicted octanol–water partition coefficient (Wildman–Crippen LogP) is 3.30. The number of piperidine rings is 1. The molecule has 1 aliphatic rings. The molecule has 1 atom stereocenters. The Morgan fingerprint density at radius 2 is 1.85 bits per heavy atom. The number of carbonyl (C=O) groups is 3. The Balaban J connectivity index is 1.87. The van der Waals surface area contributed by atoms with Gasteiger partial charge in [-0.25, -0.2) is 9.18 Å². The zero-order valence-electron chi connectivity index (χ0n) is 16.1. The number of rotatable bonds is 5. The number of hydrogen-bond acceptors (Lipinski definition) is 4. The van der Waals surface area contributed by atoms with Crippen molar-refractivity contribution in [3.05, 3.63) is 35.6 Å². The monoisotopic (exact) mass is 378 g/mol. The van der Waals surface area contributed by atoms with Crippen LogP contribution in [-0.2, 0) is 9.53 Å². The van der Waals surface area contributed by atoms with E-state index in [0.717, 1.165) is 19.3 Å². The molecule has 1 N–H and O–H groups in total. The van der Waals surface area contributed by atoms with E-state index in [-0.39, 0.29) is 30.7 Å². The summed E-state index contributed by atoms with van der Waals surface area (Å²) in [7, 11) is 0. The van der Waals surface area contributed by atoms with Gasteiger partial charge in [-0.2, -0.15) is 0 Å². The number of nitrogens with zero attached hydrogens (tertiary/aromatic N) is 1. The molecule has 148 valence electrons. The van der Waals surface area contributed by atoms with E-state index in [1.807, 2.05) is 0 Å². The van der Waals surface area contributed by atoms with Crippen LogP contribution in [0.1, 0.15) is 56.8 Å². The summed E-state index contributed by atoms with van der Waals surface area (Å²) in [4.78, 5) is 38.3. The van der Waals surface area contributed by atoms with Crippen LogP contribution in [0.15, 0.2) is 24.3 Å². The second kappa shape index (κ2) is 8.97. The summed E-state index contributed by atoms with van der Waals surface area (Å²) in [5.74, 6) is -1.02. The molecule has 1 aromatic rings. The van der Waals surface area contributed by atoms with Crippen LogP contribution in [0, 0.1) is 5.82 Å². The Labute approximate surface area is 159 Å². The molecule has 7 heteroatoms. The lowest BCUT2D eigenvalue weighted by Gasteiger charge is -2.36. The van der Waals surface area contributed by atoms with Crippen molar-refractivity contribution in [3.63, 3.8) is 0 Å². The van der Waals surface area contributed by atoms with E-state index >= 15 is 0 Å². The van der Waals surface area contributed by atoms with Gasteiger partial charge in [-0.05, 0) is 64.3 Å². The van der Waals surface area contributed by atoms with Gasteiger partial charge in [0.05, 0.1) is 6.54 Å². The summed E-state index contributed by atoms with van der Waals surface area (Å²) in [5.41, 5.74) is -0.257. The van der Waals surface area contributed by atoms with Gasteiger partial charge in [0, 0.05) is 24.6 Å². The van der Waals surface area contributed by atoms with Crippen molar-refractivity contribution < 1.29 is 23.5 Å². The Hall–Kier alpha value is -2.44. The van der Waals surface area contributed by atoms with Crippen molar-refractivity contribution in [2.45, 2.75) is 58.1 Å². The normalized spacial score (nSPS) is 17.3. The molecule has 1 fully saturated rings. The first-order valence-electron chi connectivity index (χ1n) is 9.21. The summed E-state index contributed by atoms with van der Waals surface area (Å²) in [6, 6.07) is 4.94. The lowest BCUT2D eigenvalue weighted by molar-refractivity contribution is -0.122. The Kier molecular flexibility index (Phi) is 6.93. The number of Topliss-reactive ketones (excluding diaryl/α,β-unsaturated/α-hetero) is 1. The third kappa shape index (κ3) is 6.66. The number of halogens is 1. The van der Waals surface area contributed by atoms with Gasteiger partial charge >= 0.3 is 6.09 Å². The Morgan fingerprint density at radius 3 is 2.48 bits per heavy atom. The van der Waals surface area contributed by atoms with Gasteiger partial charge in [-0.3, -0.25) is 9.59 Å². The smallest absolute Gasteiger partial charge is 0.410 e. The van der Waals surface area contributed by atoms with Crippen molar-refractivity contribution >= 4 is 17.8 Å². The molecular formula is C20H27FN2O4. The average molecular weight is 378 g/mol. The minimum atomic E-state index is -0.594. The van der Waals surface area contributed by atoms with E-state index in [2.05, 4.69) is 5.32 Å². The summed E-state index contributed by atoms with van der Waals surface area (Å²) >= 11 is 0. The summed E-state index contributed by atoms with van der Waals surface area (Å²) < 4.78 is 18.3. The van der Waals surface area contributed by atoms with Crippen LogP contribution in [0.2, 0.25) is 0 Å². The molecule has 0 radical (unpaired) electrons. The number of benzene rings is 1. The highest BCUT2D eigenvalue weighted by Gasteiger charge is 2.31. The SMILES string of the molecule is CC(C)(C)OC(=O)N1CCCCC1CC(=O)NCC(=O)c1ccc(F)cc1. The third-order valence-corrected chi connectivity index (χ3v) is 4.29. The lowest BCUT2D eigenvalue weighted by atomic mass is 9.99. The van der Waals surface area contributed by atoms with Gasteiger partial charge < -0.3 is 15.0 Å². The van der Waals surface area contributed by atoms with Crippen LogP contribution in [0.5, 0.6) is 0 Å². The largest absolute Gasteiger partial charge is 0.444 e. The molecule has 1 aromatic carbocycles. The molecule has 1 heterocycles. The number of ether oxygens (including phenoxy) is 1. The first-order valence-corrected chi connectivity index (χ1v) is 9.21. The molecule has 0 saturated carbocycles. The predicted molar refractivity (Wildman–Crippen MR) is 98.9 cm³/mol. The molecule has 1 saturated heterocycles. The van der Waals surface area contributed by atoms with Gasteiger partial charge in [-0.15, -0.1) is 0 Å². The molecule has 2 amide bonds. The highest BCUT2D eigenvalue weighted by atomic mass is 19.1. The van der Waals surface area contributed by atoms with Gasteiger partial charge in [0.15, 0.2) is 5.78 Å². The molecule has 0 aromatic heterocycles.